The van der Waals surface area contributed by atoms with E-state index in [1.54, 1.807) is 35.7 Å². The lowest BCUT2D eigenvalue weighted by atomic mass is 10.0. The average molecular weight is 524 g/mol. The van der Waals surface area contributed by atoms with Crippen molar-refractivity contribution in [2.45, 2.75) is 42.8 Å². The van der Waals surface area contributed by atoms with Crippen LogP contribution >= 0.6 is 0 Å². The van der Waals surface area contributed by atoms with Crippen LogP contribution in [0.5, 0.6) is 11.6 Å². The van der Waals surface area contributed by atoms with Gasteiger partial charge in [-0.15, -0.1) is 0 Å². The Hall–Kier alpha value is -3.14. The monoisotopic (exact) mass is 523 g/mol. The molecule has 2 aliphatic rings. The summed E-state index contributed by atoms with van der Waals surface area (Å²) in [6.07, 6.45) is 2.15. The maximum atomic E-state index is 13.2. The first kappa shape index (κ1) is 25.5. The molecule has 1 unspecified atom stereocenters. The Morgan fingerprint density at radius 3 is 2.32 bits per heavy atom. The normalized spacial score (nSPS) is 19.0. The molecular weight excluding hydrogens is 490 g/mol. The molecule has 0 N–H and O–H groups in total. The molecular formula is C28H33N3O5S. The third-order valence-corrected chi connectivity index (χ3v) is 8.84. The van der Waals surface area contributed by atoms with E-state index in [0.717, 1.165) is 17.8 Å². The molecule has 1 aromatic heterocycles. The fraction of sp³-hybridized carbons (Fsp3) is 0.393. The summed E-state index contributed by atoms with van der Waals surface area (Å²) in [6.45, 7) is 2.77. The number of ether oxygens (including phenoxy) is 3. The van der Waals surface area contributed by atoms with Gasteiger partial charge in [-0.2, -0.15) is 9.29 Å². The molecule has 0 amide bonds. The average Bonchev–Trinajstić information content (AvgIpc) is 3.46. The highest BCUT2D eigenvalue weighted by Gasteiger charge is 2.33. The predicted octanol–water partition coefficient (Wildman–Crippen LogP) is 4.12. The van der Waals surface area contributed by atoms with Crippen LogP contribution in [-0.4, -0.2) is 63.3 Å². The van der Waals surface area contributed by atoms with E-state index in [-0.39, 0.29) is 12.1 Å². The zero-order valence-corrected chi connectivity index (χ0v) is 21.8. The Morgan fingerprint density at radius 2 is 1.68 bits per heavy atom. The second-order valence-electron chi connectivity index (χ2n) is 9.34. The van der Waals surface area contributed by atoms with Gasteiger partial charge in [0, 0.05) is 32.1 Å². The molecule has 8 nitrogen and oxygen atoms in total. The number of aromatic nitrogens is 1. The van der Waals surface area contributed by atoms with Crippen LogP contribution in [0, 0.1) is 0 Å². The smallest absolute Gasteiger partial charge is 0.259 e. The largest absolute Gasteiger partial charge is 0.491 e. The van der Waals surface area contributed by atoms with Crippen LogP contribution in [0.1, 0.15) is 24.8 Å². The maximum absolute atomic E-state index is 13.2. The number of piperidine rings is 1. The Bertz CT molecular complexity index is 1260. The molecule has 2 saturated heterocycles. The van der Waals surface area contributed by atoms with Gasteiger partial charge in [0.05, 0.1) is 25.2 Å². The Kier molecular flexibility index (Phi) is 7.93. The van der Waals surface area contributed by atoms with Crippen molar-refractivity contribution < 1.29 is 22.6 Å². The number of rotatable bonds is 9. The molecule has 37 heavy (non-hydrogen) atoms. The number of sulfonamides is 1. The van der Waals surface area contributed by atoms with E-state index >= 15 is 0 Å². The van der Waals surface area contributed by atoms with Crippen molar-refractivity contribution in [1.82, 2.24) is 9.29 Å². The SMILES string of the molecule is COc1ccc(N(Cc2ccccc2)C2CCN(S(=O)(=O)c3ccccc3)CC2)nc1OC1CCOC1. The molecule has 0 aliphatic carbocycles. The van der Waals surface area contributed by atoms with Crippen molar-refractivity contribution in [3.05, 3.63) is 78.4 Å². The van der Waals surface area contributed by atoms with E-state index in [9.17, 15) is 8.42 Å². The number of pyridine rings is 1. The van der Waals surface area contributed by atoms with E-state index in [1.807, 2.05) is 36.4 Å². The van der Waals surface area contributed by atoms with E-state index < -0.39 is 10.0 Å². The zero-order chi connectivity index (χ0) is 25.7. The first-order valence-electron chi connectivity index (χ1n) is 12.7. The van der Waals surface area contributed by atoms with Gasteiger partial charge in [-0.3, -0.25) is 0 Å². The zero-order valence-electron chi connectivity index (χ0n) is 21.0. The minimum atomic E-state index is -3.51. The third-order valence-electron chi connectivity index (χ3n) is 6.93. The van der Waals surface area contributed by atoms with Gasteiger partial charge in [0.1, 0.15) is 11.9 Å². The molecule has 3 aromatic rings. The summed E-state index contributed by atoms with van der Waals surface area (Å²) in [7, 11) is -1.90. The second kappa shape index (κ2) is 11.5. The summed E-state index contributed by atoms with van der Waals surface area (Å²) >= 11 is 0. The van der Waals surface area contributed by atoms with E-state index in [4.69, 9.17) is 19.2 Å². The molecule has 5 rings (SSSR count). The van der Waals surface area contributed by atoms with Gasteiger partial charge in [-0.05, 0) is 42.7 Å². The van der Waals surface area contributed by atoms with Crippen molar-refractivity contribution in [3.63, 3.8) is 0 Å². The van der Waals surface area contributed by atoms with Crippen LogP contribution in [0.4, 0.5) is 5.82 Å². The number of hydrogen-bond acceptors (Lipinski definition) is 7. The van der Waals surface area contributed by atoms with Crippen LogP contribution in [0.25, 0.3) is 0 Å². The van der Waals surface area contributed by atoms with Gasteiger partial charge in [-0.1, -0.05) is 48.5 Å². The van der Waals surface area contributed by atoms with Gasteiger partial charge >= 0.3 is 0 Å². The molecule has 0 radical (unpaired) electrons. The van der Waals surface area contributed by atoms with Crippen LogP contribution in [0.2, 0.25) is 0 Å². The number of methoxy groups -OCH3 is 1. The minimum absolute atomic E-state index is 0.0503. The first-order chi connectivity index (χ1) is 18.0. The molecule has 196 valence electrons. The van der Waals surface area contributed by atoms with Crippen LogP contribution < -0.4 is 14.4 Å². The van der Waals surface area contributed by atoms with Gasteiger partial charge in [-0.25, -0.2) is 8.42 Å². The lowest BCUT2D eigenvalue weighted by Gasteiger charge is -2.39. The summed E-state index contributed by atoms with van der Waals surface area (Å²) in [4.78, 5) is 7.49. The molecule has 2 aliphatic heterocycles. The summed E-state index contributed by atoms with van der Waals surface area (Å²) in [5, 5.41) is 0. The number of anilines is 1. The van der Waals surface area contributed by atoms with Gasteiger partial charge < -0.3 is 19.1 Å². The summed E-state index contributed by atoms with van der Waals surface area (Å²) < 4.78 is 45.1. The molecule has 0 saturated carbocycles. The van der Waals surface area contributed by atoms with Crippen molar-refractivity contribution >= 4 is 15.8 Å². The van der Waals surface area contributed by atoms with Gasteiger partial charge in [0.15, 0.2) is 5.75 Å². The standard InChI is InChI=1S/C28H33N3O5S/c1-34-26-12-13-27(29-28(26)36-24-16-19-35-21-24)31(20-22-8-4-2-5-9-22)23-14-17-30(18-15-23)37(32,33)25-10-6-3-7-11-25/h2-13,23-24H,14-21H2,1H3. The molecule has 0 bridgehead atoms. The van der Waals surface area contributed by atoms with Crippen LogP contribution in [0.3, 0.4) is 0 Å². The summed E-state index contributed by atoms with van der Waals surface area (Å²) in [6, 6.07) is 22.9. The number of hydrogen-bond donors (Lipinski definition) is 0. The topological polar surface area (TPSA) is 81.2 Å². The molecule has 9 heteroatoms. The molecule has 3 heterocycles. The van der Waals surface area contributed by atoms with Gasteiger partial charge in [0.25, 0.3) is 5.88 Å². The van der Waals surface area contributed by atoms with Crippen LogP contribution in [-0.2, 0) is 21.3 Å². The maximum Gasteiger partial charge on any atom is 0.259 e. The summed E-state index contributed by atoms with van der Waals surface area (Å²) in [5.41, 5.74) is 1.16. The van der Waals surface area contributed by atoms with Crippen molar-refractivity contribution in [2.75, 3.05) is 38.3 Å². The fourth-order valence-electron chi connectivity index (χ4n) is 4.89. The Balaban J connectivity index is 1.39. The summed E-state index contributed by atoms with van der Waals surface area (Å²) in [5.74, 6) is 1.82. The van der Waals surface area contributed by atoms with Crippen LogP contribution in [0.15, 0.2) is 77.7 Å². The van der Waals surface area contributed by atoms with E-state index in [0.29, 0.717) is 62.2 Å². The lowest BCUT2D eigenvalue weighted by Crippen LogP contribution is -2.46. The lowest BCUT2D eigenvalue weighted by molar-refractivity contribution is 0.135. The second-order valence-corrected chi connectivity index (χ2v) is 11.3. The first-order valence-corrected chi connectivity index (χ1v) is 14.1. The highest BCUT2D eigenvalue weighted by atomic mass is 32.2. The van der Waals surface area contributed by atoms with E-state index in [2.05, 4.69) is 17.0 Å². The molecule has 2 fully saturated rings. The Labute approximate surface area is 218 Å². The highest BCUT2D eigenvalue weighted by Crippen LogP contribution is 2.33. The fourth-order valence-corrected chi connectivity index (χ4v) is 6.39. The molecule has 0 spiro atoms. The minimum Gasteiger partial charge on any atom is -0.491 e. The van der Waals surface area contributed by atoms with Crippen molar-refractivity contribution in [2.24, 2.45) is 0 Å². The molecule has 1 atom stereocenters. The number of nitrogens with zero attached hydrogens (tertiary/aromatic N) is 3. The highest BCUT2D eigenvalue weighted by molar-refractivity contribution is 7.89. The van der Waals surface area contributed by atoms with Gasteiger partial charge in [0.2, 0.25) is 10.0 Å². The van der Waals surface area contributed by atoms with E-state index in [1.165, 1.54) is 0 Å². The third kappa shape index (κ3) is 5.89. The van der Waals surface area contributed by atoms with Crippen molar-refractivity contribution in [1.29, 1.82) is 0 Å². The van der Waals surface area contributed by atoms with Crippen molar-refractivity contribution in [3.8, 4) is 11.6 Å². The Morgan fingerprint density at radius 1 is 0.973 bits per heavy atom. The quantitative estimate of drug-likeness (QED) is 0.417. The predicted molar refractivity (Wildman–Crippen MR) is 141 cm³/mol. The molecule has 2 aromatic carbocycles. The number of benzene rings is 2.